The first kappa shape index (κ1) is 9.99. The van der Waals surface area contributed by atoms with Gasteiger partial charge < -0.3 is 9.47 Å². The molecule has 2 nitrogen and oxygen atoms in total. The van der Waals surface area contributed by atoms with E-state index in [9.17, 15) is 4.39 Å². The lowest BCUT2D eigenvalue weighted by atomic mass is 10.2. The first-order chi connectivity index (χ1) is 6.24. The molecule has 0 aliphatic heterocycles. The third-order valence-electron chi connectivity index (χ3n) is 1.63. The van der Waals surface area contributed by atoms with Gasteiger partial charge in [-0.05, 0) is 24.6 Å². The van der Waals surface area contributed by atoms with Gasteiger partial charge in [-0.25, -0.2) is 4.39 Å². The van der Waals surface area contributed by atoms with Gasteiger partial charge in [-0.2, -0.15) is 0 Å². The van der Waals surface area contributed by atoms with Crippen molar-refractivity contribution < 1.29 is 13.9 Å². The molecule has 1 rings (SSSR count). The summed E-state index contributed by atoms with van der Waals surface area (Å²) in [7, 11) is 1.58. The molecule has 3 heteroatoms. The number of aryl methyl sites for hydroxylation is 1. The number of halogens is 1. The Morgan fingerprint density at radius 2 is 2.08 bits per heavy atom. The van der Waals surface area contributed by atoms with E-state index in [1.54, 1.807) is 13.2 Å². The van der Waals surface area contributed by atoms with Crippen molar-refractivity contribution in [3.8, 4) is 5.75 Å². The fraction of sp³-hybridized carbons (Fsp3) is 0.400. The molecule has 13 heavy (non-hydrogen) atoms. The molecular weight excluding hydrogens is 171 g/mol. The van der Waals surface area contributed by atoms with Crippen LogP contribution in [0.25, 0.3) is 0 Å². The minimum Gasteiger partial charge on any atom is -0.488 e. The molecule has 0 unspecified atom stereocenters. The molecule has 0 amide bonds. The monoisotopic (exact) mass is 184 g/mol. The molecule has 1 aromatic rings. The van der Waals surface area contributed by atoms with Gasteiger partial charge in [-0.15, -0.1) is 0 Å². The Hall–Kier alpha value is -1.09. The van der Waals surface area contributed by atoms with Crippen LogP contribution >= 0.6 is 0 Å². The second-order valence-electron chi connectivity index (χ2n) is 2.78. The largest absolute Gasteiger partial charge is 0.488 e. The predicted molar refractivity (Wildman–Crippen MR) is 48.5 cm³/mol. The summed E-state index contributed by atoms with van der Waals surface area (Å²) in [6, 6.07) is 4.88. The lowest BCUT2D eigenvalue weighted by molar-refractivity contribution is 0.144. The summed E-state index contributed by atoms with van der Waals surface area (Å²) in [5, 5.41) is 0. The minimum atomic E-state index is -0.323. The Morgan fingerprint density at radius 3 is 2.69 bits per heavy atom. The zero-order chi connectivity index (χ0) is 9.68. The highest BCUT2D eigenvalue weighted by molar-refractivity contribution is 5.28. The second kappa shape index (κ2) is 4.82. The van der Waals surface area contributed by atoms with E-state index in [1.165, 1.54) is 6.07 Å². The summed E-state index contributed by atoms with van der Waals surface area (Å²) < 4.78 is 23.0. The van der Waals surface area contributed by atoms with Crippen molar-refractivity contribution in [2.75, 3.05) is 20.3 Å². The Morgan fingerprint density at radius 1 is 1.31 bits per heavy atom. The van der Waals surface area contributed by atoms with Crippen molar-refractivity contribution in [2.24, 2.45) is 0 Å². The molecular formula is C10H13FO2. The molecule has 0 saturated heterocycles. The predicted octanol–water partition coefficient (Wildman–Crippen LogP) is 2.16. The maximum atomic E-state index is 13.1. The van der Waals surface area contributed by atoms with E-state index >= 15 is 0 Å². The van der Waals surface area contributed by atoms with Crippen LogP contribution in [0.4, 0.5) is 4.39 Å². The summed E-state index contributed by atoms with van der Waals surface area (Å²) in [6.07, 6.45) is 0. The average Bonchev–Trinajstić information content (AvgIpc) is 2.09. The molecule has 0 atom stereocenters. The molecule has 0 heterocycles. The highest BCUT2D eigenvalue weighted by Gasteiger charge is 2.01. The van der Waals surface area contributed by atoms with Crippen molar-refractivity contribution in [2.45, 2.75) is 6.92 Å². The Kier molecular flexibility index (Phi) is 3.71. The molecule has 0 bridgehead atoms. The third kappa shape index (κ3) is 3.03. The quantitative estimate of drug-likeness (QED) is 0.667. The highest BCUT2D eigenvalue weighted by atomic mass is 19.1. The zero-order valence-corrected chi connectivity index (χ0v) is 7.84. The lowest BCUT2D eigenvalue weighted by Crippen LogP contribution is -2.05. The fourth-order valence-corrected chi connectivity index (χ4v) is 0.958. The van der Waals surface area contributed by atoms with Crippen LogP contribution < -0.4 is 4.74 Å². The van der Waals surface area contributed by atoms with Gasteiger partial charge in [0, 0.05) is 7.11 Å². The van der Waals surface area contributed by atoms with Gasteiger partial charge in [0.05, 0.1) is 6.61 Å². The van der Waals surface area contributed by atoms with Crippen LogP contribution in [0.3, 0.4) is 0 Å². The van der Waals surface area contributed by atoms with E-state index in [-0.39, 0.29) is 11.6 Å². The number of ether oxygens (including phenoxy) is 2. The summed E-state index contributed by atoms with van der Waals surface area (Å²) in [5.74, 6) is -0.0428. The molecule has 1 aromatic carbocycles. The van der Waals surface area contributed by atoms with E-state index in [2.05, 4.69) is 0 Å². The first-order valence-corrected chi connectivity index (χ1v) is 4.12. The normalized spacial score (nSPS) is 10.1. The summed E-state index contributed by atoms with van der Waals surface area (Å²) in [6.45, 7) is 2.67. The van der Waals surface area contributed by atoms with Gasteiger partial charge in [0.2, 0.25) is 0 Å². The Balaban J connectivity index is 2.56. The topological polar surface area (TPSA) is 18.5 Å². The van der Waals surface area contributed by atoms with Crippen molar-refractivity contribution in [3.63, 3.8) is 0 Å². The van der Waals surface area contributed by atoms with E-state index in [0.717, 1.165) is 5.56 Å². The van der Waals surface area contributed by atoms with Crippen molar-refractivity contribution in [1.82, 2.24) is 0 Å². The van der Waals surface area contributed by atoms with Crippen LogP contribution in [0.1, 0.15) is 5.56 Å². The van der Waals surface area contributed by atoms with Gasteiger partial charge in [-0.3, -0.25) is 0 Å². The van der Waals surface area contributed by atoms with Crippen molar-refractivity contribution in [1.29, 1.82) is 0 Å². The van der Waals surface area contributed by atoms with E-state index in [1.807, 2.05) is 13.0 Å². The lowest BCUT2D eigenvalue weighted by Gasteiger charge is -2.06. The standard InChI is InChI=1S/C10H13FO2/c1-8-3-4-10(9(11)7-8)13-6-5-12-2/h3-4,7H,5-6H2,1-2H3. The van der Waals surface area contributed by atoms with Gasteiger partial charge in [-0.1, -0.05) is 6.07 Å². The molecule has 0 fully saturated rings. The molecule has 0 N–H and O–H groups in total. The fourth-order valence-electron chi connectivity index (χ4n) is 0.958. The van der Waals surface area contributed by atoms with Crippen molar-refractivity contribution >= 4 is 0 Å². The number of benzene rings is 1. The van der Waals surface area contributed by atoms with Gasteiger partial charge in [0.1, 0.15) is 6.61 Å². The Labute approximate surface area is 77.3 Å². The average molecular weight is 184 g/mol. The van der Waals surface area contributed by atoms with Crippen LogP contribution in [0.15, 0.2) is 18.2 Å². The number of rotatable bonds is 4. The van der Waals surface area contributed by atoms with Crippen LogP contribution in [0.5, 0.6) is 5.75 Å². The number of methoxy groups -OCH3 is 1. The molecule has 72 valence electrons. The number of hydrogen-bond acceptors (Lipinski definition) is 2. The summed E-state index contributed by atoms with van der Waals surface area (Å²) in [4.78, 5) is 0. The SMILES string of the molecule is COCCOc1ccc(C)cc1F. The molecule has 0 spiro atoms. The van der Waals surface area contributed by atoms with Crippen molar-refractivity contribution in [3.05, 3.63) is 29.6 Å². The third-order valence-corrected chi connectivity index (χ3v) is 1.63. The van der Waals surface area contributed by atoms with E-state index in [0.29, 0.717) is 13.2 Å². The van der Waals surface area contributed by atoms with Crippen LogP contribution in [0.2, 0.25) is 0 Å². The molecule has 0 radical (unpaired) electrons. The Bertz CT molecular complexity index is 274. The highest BCUT2D eigenvalue weighted by Crippen LogP contribution is 2.17. The molecule has 0 aliphatic rings. The minimum absolute atomic E-state index is 0.280. The van der Waals surface area contributed by atoms with E-state index in [4.69, 9.17) is 9.47 Å². The summed E-state index contributed by atoms with van der Waals surface area (Å²) >= 11 is 0. The maximum absolute atomic E-state index is 13.1. The van der Waals surface area contributed by atoms with E-state index < -0.39 is 0 Å². The van der Waals surface area contributed by atoms with Crippen LogP contribution in [0, 0.1) is 12.7 Å². The summed E-state index contributed by atoms with van der Waals surface area (Å²) in [5.41, 5.74) is 0.886. The molecule has 0 aliphatic carbocycles. The second-order valence-corrected chi connectivity index (χ2v) is 2.78. The maximum Gasteiger partial charge on any atom is 0.165 e. The van der Waals surface area contributed by atoms with Gasteiger partial charge >= 0.3 is 0 Å². The molecule has 0 saturated carbocycles. The zero-order valence-electron chi connectivity index (χ0n) is 7.84. The first-order valence-electron chi connectivity index (χ1n) is 4.12. The van der Waals surface area contributed by atoms with Crippen LogP contribution in [-0.2, 0) is 4.74 Å². The number of hydrogen-bond donors (Lipinski definition) is 0. The van der Waals surface area contributed by atoms with Gasteiger partial charge in [0.15, 0.2) is 11.6 Å². The smallest absolute Gasteiger partial charge is 0.165 e. The van der Waals surface area contributed by atoms with Gasteiger partial charge in [0.25, 0.3) is 0 Å². The van der Waals surface area contributed by atoms with Crippen LogP contribution in [-0.4, -0.2) is 20.3 Å². The molecule has 0 aromatic heterocycles.